The lowest BCUT2D eigenvalue weighted by atomic mass is 10.2. The van der Waals surface area contributed by atoms with Crippen LogP contribution in [0.5, 0.6) is 11.5 Å². The first-order valence-corrected chi connectivity index (χ1v) is 6.21. The lowest BCUT2D eigenvalue weighted by Gasteiger charge is -2.11. The van der Waals surface area contributed by atoms with E-state index in [2.05, 4.69) is 21.1 Å². The summed E-state index contributed by atoms with van der Waals surface area (Å²) >= 11 is 3.24. The van der Waals surface area contributed by atoms with Gasteiger partial charge in [0.2, 0.25) is 0 Å². The molecule has 104 valence electrons. The van der Waals surface area contributed by atoms with Crippen LogP contribution in [-0.2, 0) is 0 Å². The molecular weight excluding hydrogens is 334 g/mol. The molecule has 0 aliphatic heterocycles. The van der Waals surface area contributed by atoms with Crippen molar-refractivity contribution in [2.24, 2.45) is 10.9 Å². The van der Waals surface area contributed by atoms with Gasteiger partial charge in [-0.25, -0.2) is 8.78 Å². The molecule has 0 radical (unpaired) electrons. The van der Waals surface area contributed by atoms with Crippen LogP contribution in [0.1, 0.15) is 5.56 Å². The van der Waals surface area contributed by atoms with Crippen LogP contribution in [0.15, 0.2) is 46.0 Å². The second-order valence-electron chi connectivity index (χ2n) is 3.78. The lowest BCUT2D eigenvalue weighted by Crippen LogP contribution is -2.15. The monoisotopic (exact) mass is 342 g/mol. The normalized spacial score (nSPS) is 11.4. The number of ether oxygens (including phenoxy) is 1. The number of amidine groups is 1. The molecule has 2 rings (SSSR count). The van der Waals surface area contributed by atoms with Crippen molar-refractivity contribution >= 4 is 21.8 Å². The molecule has 0 fully saturated rings. The zero-order valence-corrected chi connectivity index (χ0v) is 11.6. The van der Waals surface area contributed by atoms with E-state index in [1.54, 1.807) is 18.2 Å². The lowest BCUT2D eigenvalue weighted by molar-refractivity contribution is 0.318. The molecule has 0 amide bonds. The molecule has 0 atom stereocenters. The molecule has 0 saturated heterocycles. The molecule has 20 heavy (non-hydrogen) atoms. The van der Waals surface area contributed by atoms with E-state index in [0.29, 0.717) is 10.0 Å². The maximum absolute atomic E-state index is 13.1. The van der Waals surface area contributed by atoms with Gasteiger partial charge in [-0.05, 0) is 40.2 Å². The zero-order valence-electron chi connectivity index (χ0n) is 9.98. The SMILES string of the molecule is N/C(=N/O)c1c(Br)cccc1Oc1ccc(F)c(F)c1. The van der Waals surface area contributed by atoms with Crippen LogP contribution in [0.2, 0.25) is 0 Å². The predicted octanol–water partition coefficient (Wildman–Crippen LogP) is 3.61. The van der Waals surface area contributed by atoms with Crippen molar-refractivity contribution in [1.82, 2.24) is 0 Å². The Labute approximate surface area is 121 Å². The zero-order chi connectivity index (χ0) is 14.7. The van der Waals surface area contributed by atoms with Crippen LogP contribution in [0.3, 0.4) is 0 Å². The number of nitrogens with two attached hydrogens (primary N) is 1. The Bertz CT molecular complexity index is 677. The third-order valence-corrected chi connectivity index (χ3v) is 3.12. The number of rotatable bonds is 3. The molecule has 2 aromatic carbocycles. The minimum absolute atomic E-state index is 0.0917. The van der Waals surface area contributed by atoms with Gasteiger partial charge in [0.1, 0.15) is 11.5 Å². The molecule has 0 bridgehead atoms. The fraction of sp³-hybridized carbons (Fsp3) is 0. The highest BCUT2D eigenvalue weighted by atomic mass is 79.9. The van der Waals surface area contributed by atoms with Crippen LogP contribution in [0, 0.1) is 11.6 Å². The smallest absolute Gasteiger partial charge is 0.175 e. The number of halogens is 3. The van der Waals surface area contributed by atoms with Crippen molar-refractivity contribution < 1.29 is 18.7 Å². The van der Waals surface area contributed by atoms with Gasteiger partial charge in [-0.3, -0.25) is 0 Å². The fourth-order valence-corrected chi connectivity index (χ4v) is 2.11. The van der Waals surface area contributed by atoms with E-state index in [0.717, 1.165) is 12.1 Å². The second-order valence-corrected chi connectivity index (χ2v) is 4.63. The molecule has 7 heteroatoms. The molecule has 0 saturated carbocycles. The maximum Gasteiger partial charge on any atom is 0.175 e. The van der Waals surface area contributed by atoms with Crippen molar-refractivity contribution in [2.75, 3.05) is 0 Å². The van der Waals surface area contributed by atoms with Gasteiger partial charge in [0.15, 0.2) is 17.5 Å². The van der Waals surface area contributed by atoms with Crippen molar-refractivity contribution in [1.29, 1.82) is 0 Å². The van der Waals surface area contributed by atoms with Gasteiger partial charge in [0.25, 0.3) is 0 Å². The Morgan fingerprint density at radius 2 is 1.95 bits per heavy atom. The summed E-state index contributed by atoms with van der Waals surface area (Å²) in [5, 5.41) is 11.7. The van der Waals surface area contributed by atoms with Gasteiger partial charge >= 0.3 is 0 Å². The summed E-state index contributed by atoms with van der Waals surface area (Å²) in [5.74, 6) is -1.84. The first kappa shape index (κ1) is 14.3. The molecule has 0 aliphatic carbocycles. The first-order valence-electron chi connectivity index (χ1n) is 5.42. The summed E-state index contributed by atoms with van der Waals surface area (Å²) in [4.78, 5) is 0. The van der Waals surface area contributed by atoms with Crippen LogP contribution in [0.25, 0.3) is 0 Å². The standard InChI is InChI=1S/C13H9BrF2N2O2/c14-8-2-1-3-11(12(8)13(17)18-19)20-7-4-5-9(15)10(16)6-7/h1-6,19H,(H2,17,18). The fourth-order valence-electron chi connectivity index (χ4n) is 1.56. The summed E-state index contributed by atoms with van der Waals surface area (Å²) < 4.78 is 32.0. The molecule has 0 spiro atoms. The molecule has 0 unspecified atom stereocenters. The Morgan fingerprint density at radius 1 is 1.20 bits per heavy atom. The number of oxime groups is 1. The van der Waals surface area contributed by atoms with E-state index in [9.17, 15) is 8.78 Å². The van der Waals surface area contributed by atoms with E-state index >= 15 is 0 Å². The van der Waals surface area contributed by atoms with Gasteiger partial charge in [0, 0.05) is 10.5 Å². The van der Waals surface area contributed by atoms with Crippen LogP contribution < -0.4 is 10.5 Å². The Kier molecular flexibility index (Phi) is 4.19. The van der Waals surface area contributed by atoms with E-state index in [4.69, 9.17) is 15.7 Å². The van der Waals surface area contributed by atoms with Gasteiger partial charge in [0.05, 0.1) is 5.56 Å². The number of benzene rings is 2. The average Bonchev–Trinajstić information content (AvgIpc) is 2.42. The summed E-state index contributed by atoms with van der Waals surface area (Å²) in [5.41, 5.74) is 5.86. The second kappa shape index (κ2) is 5.87. The molecule has 3 N–H and O–H groups in total. The molecular formula is C13H9BrF2N2O2. The average molecular weight is 343 g/mol. The van der Waals surface area contributed by atoms with Crippen molar-refractivity contribution in [3.63, 3.8) is 0 Å². The largest absolute Gasteiger partial charge is 0.456 e. The van der Waals surface area contributed by atoms with Crippen LogP contribution in [-0.4, -0.2) is 11.0 Å². The first-order chi connectivity index (χ1) is 9.52. The van der Waals surface area contributed by atoms with Crippen LogP contribution in [0.4, 0.5) is 8.78 Å². The third kappa shape index (κ3) is 2.88. The minimum atomic E-state index is -1.03. The molecule has 4 nitrogen and oxygen atoms in total. The number of hydrogen-bond donors (Lipinski definition) is 2. The number of nitrogens with zero attached hydrogens (tertiary/aromatic N) is 1. The highest BCUT2D eigenvalue weighted by molar-refractivity contribution is 9.10. The Balaban J connectivity index is 2.43. The Hall–Kier alpha value is -2.15. The summed E-state index contributed by atoms with van der Waals surface area (Å²) in [6, 6.07) is 8.02. The van der Waals surface area contributed by atoms with E-state index in [-0.39, 0.29) is 17.3 Å². The van der Waals surface area contributed by atoms with Gasteiger partial charge in [-0.15, -0.1) is 0 Å². The summed E-state index contributed by atoms with van der Waals surface area (Å²) in [7, 11) is 0. The van der Waals surface area contributed by atoms with Crippen molar-refractivity contribution in [2.45, 2.75) is 0 Å². The van der Waals surface area contributed by atoms with Gasteiger partial charge in [-0.2, -0.15) is 0 Å². The highest BCUT2D eigenvalue weighted by Crippen LogP contribution is 2.31. The van der Waals surface area contributed by atoms with Crippen LogP contribution >= 0.6 is 15.9 Å². The topological polar surface area (TPSA) is 67.8 Å². The predicted molar refractivity (Wildman–Crippen MR) is 73.1 cm³/mol. The molecule has 2 aromatic rings. The summed E-state index contributed by atoms with van der Waals surface area (Å²) in [6.45, 7) is 0. The van der Waals surface area contributed by atoms with E-state index in [1.807, 2.05) is 0 Å². The third-order valence-electron chi connectivity index (χ3n) is 2.46. The molecule has 0 aliphatic rings. The van der Waals surface area contributed by atoms with Crippen molar-refractivity contribution in [3.8, 4) is 11.5 Å². The maximum atomic E-state index is 13.1. The van der Waals surface area contributed by atoms with Gasteiger partial charge < -0.3 is 15.7 Å². The number of hydrogen-bond acceptors (Lipinski definition) is 3. The van der Waals surface area contributed by atoms with E-state index < -0.39 is 11.6 Å². The van der Waals surface area contributed by atoms with Gasteiger partial charge in [-0.1, -0.05) is 11.2 Å². The van der Waals surface area contributed by atoms with Crippen molar-refractivity contribution in [3.05, 3.63) is 58.1 Å². The molecule has 0 aromatic heterocycles. The quantitative estimate of drug-likeness (QED) is 0.387. The molecule has 0 heterocycles. The summed E-state index contributed by atoms with van der Waals surface area (Å²) in [6.07, 6.45) is 0. The minimum Gasteiger partial charge on any atom is -0.456 e. The highest BCUT2D eigenvalue weighted by Gasteiger charge is 2.14. The van der Waals surface area contributed by atoms with E-state index in [1.165, 1.54) is 6.07 Å². The Morgan fingerprint density at radius 3 is 2.60 bits per heavy atom.